The van der Waals surface area contributed by atoms with Gasteiger partial charge < -0.3 is 24.2 Å². The number of hydrogen-bond donors (Lipinski definition) is 1. The molecule has 2 fully saturated rings. The van der Waals surface area contributed by atoms with Gasteiger partial charge in [-0.2, -0.15) is 0 Å². The third-order valence-electron chi connectivity index (χ3n) is 6.55. The largest absolute Gasteiger partial charge is 0.507 e. The first-order valence-electron chi connectivity index (χ1n) is 13.1. The number of ketones is 1. The van der Waals surface area contributed by atoms with Crippen molar-refractivity contribution >= 4 is 17.4 Å². The summed E-state index contributed by atoms with van der Waals surface area (Å²) in [4.78, 5) is 30.4. The number of ether oxygens (including phenoxy) is 3. The Labute approximate surface area is 218 Å². The molecule has 0 aromatic heterocycles. The van der Waals surface area contributed by atoms with E-state index in [-0.39, 0.29) is 11.3 Å². The highest BCUT2D eigenvalue weighted by molar-refractivity contribution is 6.46. The lowest BCUT2D eigenvalue weighted by Gasteiger charge is -2.31. The van der Waals surface area contributed by atoms with Gasteiger partial charge in [-0.25, -0.2) is 0 Å². The quantitative estimate of drug-likeness (QED) is 0.279. The number of aliphatic hydroxyl groups is 1. The summed E-state index contributed by atoms with van der Waals surface area (Å²) in [5, 5.41) is 11.4. The molecule has 2 aliphatic rings. The number of carbonyl (C=O) groups excluding carboxylic acids is 2. The van der Waals surface area contributed by atoms with Gasteiger partial charge in [-0.1, -0.05) is 38.1 Å². The molecule has 0 spiro atoms. The maximum absolute atomic E-state index is 13.3. The fraction of sp³-hybridized carbons (Fsp3) is 0.448. The van der Waals surface area contributed by atoms with E-state index in [0.717, 1.165) is 37.2 Å². The van der Waals surface area contributed by atoms with Gasteiger partial charge >= 0.3 is 0 Å². The molecule has 2 aromatic carbocycles. The predicted octanol–water partition coefficient (Wildman–Crippen LogP) is 4.02. The minimum atomic E-state index is -0.707. The second-order valence-corrected chi connectivity index (χ2v) is 9.24. The number of likely N-dealkylation sites (tertiary alicyclic amines) is 1. The molecule has 1 N–H and O–H groups in total. The van der Waals surface area contributed by atoms with E-state index >= 15 is 0 Å². The summed E-state index contributed by atoms with van der Waals surface area (Å²) in [6.45, 7) is 9.04. The molecule has 198 valence electrons. The zero-order valence-corrected chi connectivity index (χ0v) is 21.7. The average Bonchev–Trinajstić information content (AvgIpc) is 3.19. The fourth-order valence-electron chi connectivity index (χ4n) is 4.61. The molecule has 0 radical (unpaired) electrons. The van der Waals surface area contributed by atoms with Gasteiger partial charge in [0.15, 0.2) is 0 Å². The van der Waals surface area contributed by atoms with Crippen LogP contribution in [0.4, 0.5) is 0 Å². The Morgan fingerprint density at radius 3 is 2.30 bits per heavy atom. The van der Waals surface area contributed by atoms with Crippen LogP contribution >= 0.6 is 0 Å². The summed E-state index contributed by atoms with van der Waals surface area (Å²) >= 11 is 0. The topological polar surface area (TPSA) is 88.5 Å². The number of nitrogens with zero attached hydrogens (tertiary/aromatic N) is 2. The van der Waals surface area contributed by atoms with Gasteiger partial charge in [0.2, 0.25) is 0 Å². The monoisotopic (exact) mass is 508 g/mol. The van der Waals surface area contributed by atoms with Crippen molar-refractivity contribution in [3.63, 3.8) is 0 Å². The molecule has 1 atom stereocenters. The Kier molecular flexibility index (Phi) is 9.19. The molecule has 0 aliphatic carbocycles. The molecule has 2 aromatic rings. The van der Waals surface area contributed by atoms with Crippen molar-refractivity contribution in [2.24, 2.45) is 0 Å². The van der Waals surface area contributed by atoms with Crippen LogP contribution in [0.15, 0.2) is 54.1 Å². The van der Waals surface area contributed by atoms with Gasteiger partial charge in [0.1, 0.15) is 17.3 Å². The van der Waals surface area contributed by atoms with Crippen molar-refractivity contribution in [2.45, 2.75) is 32.7 Å². The molecule has 0 bridgehead atoms. The Morgan fingerprint density at radius 2 is 1.62 bits per heavy atom. The summed E-state index contributed by atoms with van der Waals surface area (Å²) in [5.41, 5.74) is 1.26. The Morgan fingerprint density at radius 1 is 0.946 bits per heavy atom. The van der Waals surface area contributed by atoms with Crippen molar-refractivity contribution in [1.29, 1.82) is 0 Å². The lowest BCUT2D eigenvalue weighted by atomic mass is 9.95. The first-order chi connectivity index (χ1) is 18.0. The number of hydrogen-bond acceptors (Lipinski definition) is 7. The van der Waals surface area contributed by atoms with Gasteiger partial charge in [0, 0.05) is 31.7 Å². The smallest absolute Gasteiger partial charge is 0.295 e. The molecule has 8 heteroatoms. The van der Waals surface area contributed by atoms with Crippen LogP contribution < -0.4 is 9.47 Å². The number of benzene rings is 2. The van der Waals surface area contributed by atoms with Gasteiger partial charge in [-0.05, 0) is 42.7 Å². The van der Waals surface area contributed by atoms with E-state index in [0.29, 0.717) is 50.8 Å². The Balaban J connectivity index is 1.69. The summed E-state index contributed by atoms with van der Waals surface area (Å²) in [7, 11) is 0. The predicted molar refractivity (Wildman–Crippen MR) is 141 cm³/mol. The normalized spacial score (nSPS) is 19.8. The summed E-state index contributed by atoms with van der Waals surface area (Å²) in [6, 6.07) is 13.7. The minimum absolute atomic E-state index is 0.0850. The van der Waals surface area contributed by atoms with Crippen LogP contribution in [0.1, 0.15) is 43.9 Å². The molecular formula is C29H36N2O6. The molecule has 1 unspecified atom stereocenters. The van der Waals surface area contributed by atoms with Crippen LogP contribution in [0.25, 0.3) is 5.76 Å². The van der Waals surface area contributed by atoms with Gasteiger partial charge in [-0.3, -0.25) is 14.5 Å². The molecular weight excluding hydrogens is 472 g/mol. The lowest BCUT2D eigenvalue weighted by Crippen LogP contribution is -2.42. The minimum Gasteiger partial charge on any atom is -0.507 e. The maximum Gasteiger partial charge on any atom is 0.295 e. The second kappa shape index (κ2) is 12.7. The van der Waals surface area contributed by atoms with E-state index < -0.39 is 17.7 Å². The van der Waals surface area contributed by atoms with E-state index in [1.165, 1.54) is 0 Å². The van der Waals surface area contributed by atoms with Crippen LogP contribution in [0.3, 0.4) is 0 Å². The highest BCUT2D eigenvalue weighted by Crippen LogP contribution is 2.40. The molecule has 37 heavy (non-hydrogen) atoms. The Bertz CT molecular complexity index is 1110. The molecule has 8 nitrogen and oxygen atoms in total. The fourth-order valence-corrected chi connectivity index (χ4v) is 4.61. The number of carbonyl (C=O) groups is 2. The zero-order chi connectivity index (χ0) is 26.2. The van der Waals surface area contributed by atoms with E-state index in [1.54, 1.807) is 29.2 Å². The van der Waals surface area contributed by atoms with Crippen LogP contribution in [0, 0.1) is 0 Å². The first kappa shape index (κ1) is 26.7. The van der Waals surface area contributed by atoms with Crippen LogP contribution in [-0.2, 0) is 14.3 Å². The molecule has 2 saturated heterocycles. The van der Waals surface area contributed by atoms with Gasteiger partial charge in [0.25, 0.3) is 11.7 Å². The highest BCUT2D eigenvalue weighted by atomic mass is 16.5. The van der Waals surface area contributed by atoms with E-state index in [4.69, 9.17) is 14.2 Å². The summed E-state index contributed by atoms with van der Waals surface area (Å²) in [5.74, 6) is -0.177. The number of morpholine rings is 1. The Hall–Kier alpha value is -3.36. The third-order valence-corrected chi connectivity index (χ3v) is 6.55. The van der Waals surface area contributed by atoms with Crippen molar-refractivity contribution in [3.8, 4) is 11.5 Å². The molecule has 4 rings (SSSR count). The van der Waals surface area contributed by atoms with Crippen molar-refractivity contribution < 1.29 is 28.9 Å². The SMILES string of the molecule is CCCOc1ccc(C2C(=C(O)c3cccc(OCCC)c3)C(=O)C(=O)N2CCN2CCOCC2)cc1. The molecule has 0 saturated carbocycles. The summed E-state index contributed by atoms with van der Waals surface area (Å²) in [6.07, 6.45) is 1.74. The van der Waals surface area contributed by atoms with E-state index in [1.807, 2.05) is 38.1 Å². The number of aliphatic hydroxyl groups excluding tert-OH is 1. The van der Waals surface area contributed by atoms with Gasteiger partial charge in [-0.15, -0.1) is 0 Å². The summed E-state index contributed by atoms with van der Waals surface area (Å²) < 4.78 is 16.9. The van der Waals surface area contributed by atoms with Crippen LogP contribution in [0.2, 0.25) is 0 Å². The number of Topliss-reactive ketones (excluding diaryl/α,β-unsaturated/α-hetero) is 1. The van der Waals surface area contributed by atoms with Crippen molar-refractivity contribution in [3.05, 3.63) is 65.2 Å². The molecule has 2 heterocycles. The molecule has 2 aliphatic heterocycles. The van der Waals surface area contributed by atoms with E-state index in [9.17, 15) is 14.7 Å². The second-order valence-electron chi connectivity index (χ2n) is 9.24. The number of amides is 1. The highest BCUT2D eigenvalue weighted by Gasteiger charge is 2.46. The van der Waals surface area contributed by atoms with Crippen molar-refractivity contribution in [2.75, 3.05) is 52.6 Å². The van der Waals surface area contributed by atoms with E-state index in [2.05, 4.69) is 4.90 Å². The third kappa shape index (κ3) is 6.32. The average molecular weight is 509 g/mol. The maximum atomic E-state index is 13.3. The van der Waals surface area contributed by atoms with Gasteiger partial charge in [0.05, 0.1) is 38.0 Å². The van der Waals surface area contributed by atoms with Crippen LogP contribution in [-0.4, -0.2) is 79.2 Å². The first-order valence-corrected chi connectivity index (χ1v) is 13.1. The number of rotatable bonds is 11. The lowest BCUT2D eigenvalue weighted by molar-refractivity contribution is -0.140. The van der Waals surface area contributed by atoms with Crippen LogP contribution in [0.5, 0.6) is 11.5 Å². The van der Waals surface area contributed by atoms with Crippen molar-refractivity contribution in [1.82, 2.24) is 9.80 Å². The zero-order valence-electron chi connectivity index (χ0n) is 21.7. The molecule has 1 amide bonds. The standard InChI is InChI=1S/C29H36N2O6/c1-3-16-36-23-10-8-21(9-11-23)26-25(27(32)22-6-5-7-24(20-22)37-17-4-2)28(33)29(34)31(26)13-12-30-14-18-35-19-15-30/h5-11,20,26,32H,3-4,12-19H2,1-2H3.